The zero-order chi connectivity index (χ0) is 13.9. The van der Waals surface area contributed by atoms with Gasteiger partial charge in [0.05, 0.1) is 6.61 Å². The van der Waals surface area contributed by atoms with Crippen LogP contribution < -0.4 is 11.1 Å². The van der Waals surface area contributed by atoms with Gasteiger partial charge in [0.1, 0.15) is 0 Å². The van der Waals surface area contributed by atoms with Gasteiger partial charge in [-0.1, -0.05) is 37.3 Å². The number of carbonyl (C=O) groups excluding carboxylic acids is 1. The quantitative estimate of drug-likeness (QED) is 0.667. The number of benzene rings is 1. The molecule has 0 bridgehead atoms. The lowest BCUT2D eigenvalue weighted by Crippen LogP contribution is -2.28. The Labute approximate surface area is 115 Å². The maximum atomic E-state index is 11.5. The van der Waals surface area contributed by atoms with E-state index in [2.05, 4.69) is 5.32 Å². The third-order valence-electron chi connectivity index (χ3n) is 2.84. The first-order valence-corrected chi connectivity index (χ1v) is 6.80. The van der Waals surface area contributed by atoms with E-state index >= 15 is 0 Å². The van der Waals surface area contributed by atoms with E-state index in [1.165, 1.54) is 5.56 Å². The van der Waals surface area contributed by atoms with Crippen molar-refractivity contribution in [3.63, 3.8) is 0 Å². The monoisotopic (exact) mass is 264 g/mol. The highest BCUT2D eigenvalue weighted by Gasteiger charge is 2.06. The van der Waals surface area contributed by atoms with E-state index in [1.807, 2.05) is 37.3 Å². The van der Waals surface area contributed by atoms with Crippen molar-refractivity contribution in [3.8, 4) is 0 Å². The van der Waals surface area contributed by atoms with Crippen molar-refractivity contribution in [3.05, 3.63) is 35.9 Å². The fraction of sp³-hybridized carbons (Fsp3) is 0.533. The molecule has 0 aliphatic rings. The second-order valence-electron chi connectivity index (χ2n) is 4.79. The minimum atomic E-state index is 0.0704. The van der Waals surface area contributed by atoms with Crippen LogP contribution in [0, 0.1) is 5.92 Å². The van der Waals surface area contributed by atoms with Crippen LogP contribution in [0.15, 0.2) is 30.3 Å². The minimum absolute atomic E-state index is 0.0704. The Kier molecular flexibility index (Phi) is 7.86. The van der Waals surface area contributed by atoms with Gasteiger partial charge < -0.3 is 15.8 Å². The fourth-order valence-corrected chi connectivity index (χ4v) is 1.64. The maximum absolute atomic E-state index is 11.5. The lowest BCUT2D eigenvalue weighted by Gasteiger charge is -2.09. The number of hydrogen-bond donors (Lipinski definition) is 2. The highest BCUT2D eigenvalue weighted by atomic mass is 16.5. The predicted molar refractivity (Wildman–Crippen MR) is 76.6 cm³/mol. The molecule has 4 heteroatoms. The van der Waals surface area contributed by atoms with Crippen molar-refractivity contribution >= 4 is 5.91 Å². The molecular weight excluding hydrogens is 240 g/mol. The largest absolute Gasteiger partial charge is 0.377 e. The summed E-state index contributed by atoms with van der Waals surface area (Å²) in [7, 11) is 0. The lowest BCUT2D eigenvalue weighted by atomic mass is 10.1. The molecule has 0 aromatic heterocycles. The molecule has 106 valence electrons. The molecule has 1 aromatic carbocycles. The van der Waals surface area contributed by atoms with Crippen LogP contribution >= 0.6 is 0 Å². The van der Waals surface area contributed by atoms with Crippen LogP contribution in [0.4, 0.5) is 0 Å². The van der Waals surface area contributed by atoms with Crippen molar-refractivity contribution in [2.75, 3.05) is 19.7 Å². The zero-order valence-electron chi connectivity index (χ0n) is 11.6. The first-order valence-electron chi connectivity index (χ1n) is 6.80. The molecule has 0 spiro atoms. The van der Waals surface area contributed by atoms with Gasteiger partial charge in [-0.05, 0) is 24.4 Å². The van der Waals surface area contributed by atoms with Gasteiger partial charge in [0.15, 0.2) is 0 Å². The summed E-state index contributed by atoms with van der Waals surface area (Å²) in [6, 6.07) is 10.1. The van der Waals surface area contributed by atoms with Gasteiger partial charge in [-0.25, -0.2) is 0 Å². The summed E-state index contributed by atoms with van der Waals surface area (Å²) in [4.78, 5) is 11.5. The molecule has 0 heterocycles. The molecule has 1 atom stereocenters. The topological polar surface area (TPSA) is 64.4 Å². The van der Waals surface area contributed by atoms with Crippen LogP contribution in [0.3, 0.4) is 0 Å². The first kappa shape index (κ1) is 15.7. The standard InChI is InChI=1S/C15H24N2O2/c1-13(11-16)10-15(18)17-8-5-9-19-12-14-6-3-2-4-7-14/h2-4,6-7,13H,5,8-12,16H2,1H3,(H,17,18). The van der Waals surface area contributed by atoms with Crippen LogP contribution in [0.25, 0.3) is 0 Å². The van der Waals surface area contributed by atoms with Gasteiger partial charge in [0.25, 0.3) is 0 Å². The molecule has 1 rings (SSSR count). The van der Waals surface area contributed by atoms with E-state index in [4.69, 9.17) is 10.5 Å². The summed E-state index contributed by atoms with van der Waals surface area (Å²) in [6.45, 7) is 4.46. The van der Waals surface area contributed by atoms with Crippen molar-refractivity contribution < 1.29 is 9.53 Å². The molecule has 0 aliphatic heterocycles. The SMILES string of the molecule is CC(CN)CC(=O)NCCCOCc1ccccc1. The second kappa shape index (κ2) is 9.53. The molecular formula is C15H24N2O2. The number of nitrogens with one attached hydrogen (secondary N) is 1. The van der Waals surface area contributed by atoms with Gasteiger partial charge in [-0.2, -0.15) is 0 Å². The van der Waals surface area contributed by atoms with Gasteiger partial charge in [0.2, 0.25) is 5.91 Å². The molecule has 0 saturated heterocycles. The number of ether oxygens (including phenoxy) is 1. The Hall–Kier alpha value is -1.39. The molecule has 1 aromatic rings. The fourth-order valence-electron chi connectivity index (χ4n) is 1.64. The number of hydrogen-bond acceptors (Lipinski definition) is 3. The van der Waals surface area contributed by atoms with E-state index < -0.39 is 0 Å². The first-order chi connectivity index (χ1) is 9.22. The molecule has 0 aliphatic carbocycles. The van der Waals surface area contributed by atoms with Crippen LogP contribution in [0.5, 0.6) is 0 Å². The highest BCUT2D eigenvalue weighted by molar-refractivity contribution is 5.76. The van der Waals surface area contributed by atoms with E-state index in [1.54, 1.807) is 0 Å². The molecule has 0 fully saturated rings. The Morgan fingerprint density at radius 3 is 2.79 bits per heavy atom. The third kappa shape index (κ3) is 7.59. The van der Waals surface area contributed by atoms with Crippen molar-refractivity contribution in [2.45, 2.75) is 26.4 Å². The van der Waals surface area contributed by atoms with Crippen molar-refractivity contribution in [2.24, 2.45) is 11.7 Å². The Morgan fingerprint density at radius 1 is 1.37 bits per heavy atom. The second-order valence-corrected chi connectivity index (χ2v) is 4.79. The van der Waals surface area contributed by atoms with Crippen molar-refractivity contribution in [1.29, 1.82) is 0 Å². The van der Waals surface area contributed by atoms with E-state index in [-0.39, 0.29) is 11.8 Å². The predicted octanol–water partition coefficient (Wildman–Crippen LogP) is 1.69. The van der Waals surface area contributed by atoms with Gasteiger partial charge in [-0.3, -0.25) is 4.79 Å². The Balaban J connectivity index is 1.98. The van der Waals surface area contributed by atoms with Gasteiger partial charge in [-0.15, -0.1) is 0 Å². The number of carbonyl (C=O) groups is 1. The normalized spacial score (nSPS) is 12.1. The Bertz CT molecular complexity index is 354. The smallest absolute Gasteiger partial charge is 0.220 e. The summed E-state index contributed by atoms with van der Waals surface area (Å²) in [5.74, 6) is 0.315. The van der Waals surface area contributed by atoms with Crippen LogP contribution in [-0.4, -0.2) is 25.6 Å². The van der Waals surface area contributed by atoms with E-state index in [0.29, 0.717) is 32.7 Å². The molecule has 3 N–H and O–H groups in total. The summed E-state index contributed by atoms with van der Waals surface area (Å²) >= 11 is 0. The third-order valence-corrected chi connectivity index (χ3v) is 2.84. The summed E-state index contributed by atoms with van der Waals surface area (Å²) < 4.78 is 5.53. The summed E-state index contributed by atoms with van der Waals surface area (Å²) in [5, 5.41) is 2.87. The average molecular weight is 264 g/mol. The minimum Gasteiger partial charge on any atom is -0.377 e. The highest BCUT2D eigenvalue weighted by Crippen LogP contribution is 2.01. The molecule has 1 unspecified atom stereocenters. The molecule has 19 heavy (non-hydrogen) atoms. The average Bonchev–Trinajstić information content (AvgIpc) is 2.43. The van der Waals surface area contributed by atoms with Crippen LogP contribution in [0.2, 0.25) is 0 Å². The molecule has 4 nitrogen and oxygen atoms in total. The number of rotatable bonds is 9. The summed E-state index contributed by atoms with van der Waals surface area (Å²) in [5.41, 5.74) is 6.64. The molecule has 0 saturated carbocycles. The van der Waals surface area contributed by atoms with E-state index in [9.17, 15) is 4.79 Å². The number of amides is 1. The van der Waals surface area contributed by atoms with Crippen LogP contribution in [-0.2, 0) is 16.1 Å². The number of nitrogens with two attached hydrogens (primary N) is 1. The van der Waals surface area contributed by atoms with E-state index in [0.717, 1.165) is 6.42 Å². The molecule has 0 radical (unpaired) electrons. The van der Waals surface area contributed by atoms with Gasteiger partial charge in [0, 0.05) is 19.6 Å². The lowest BCUT2D eigenvalue weighted by molar-refractivity contribution is -0.121. The maximum Gasteiger partial charge on any atom is 0.220 e. The van der Waals surface area contributed by atoms with Crippen LogP contribution in [0.1, 0.15) is 25.3 Å². The van der Waals surface area contributed by atoms with Gasteiger partial charge >= 0.3 is 0 Å². The zero-order valence-corrected chi connectivity index (χ0v) is 11.6. The Morgan fingerprint density at radius 2 is 2.11 bits per heavy atom. The van der Waals surface area contributed by atoms with Crippen molar-refractivity contribution in [1.82, 2.24) is 5.32 Å². The molecule has 1 amide bonds. The summed E-state index contributed by atoms with van der Waals surface area (Å²) in [6.07, 6.45) is 1.33.